The number of halogens is 1. The maximum Gasteiger partial charge on any atom is 0.244 e. The number of rotatable bonds is 7. The third-order valence-corrected chi connectivity index (χ3v) is 8.92. The van der Waals surface area contributed by atoms with Gasteiger partial charge in [0.05, 0.1) is 5.02 Å². The molecule has 2 fully saturated rings. The monoisotopic (exact) mass is 461 g/mol. The summed E-state index contributed by atoms with van der Waals surface area (Å²) in [5.74, 6) is 0. The van der Waals surface area contributed by atoms with Gasteiger partial charge in [-0.25, -0.2) is 8.42 Å². The minimum atomic E-state index is -3.57. The molecule has 2 aromatic carbocycles. The number of likely N-dealkylation sites (tertiary alicyclic amines) is 1. The lowest BCUT2D eigenvalue weighted by atomic mass is 10.00. The molecule has 0 radical (unpaired) electrons. The summed E-state index contributed by atoms with van der Waals surface area (Å²) in [5.41, 5.74) is 1.32. The van der Waals surface area contributed by atoms with Gasteiger partial charge in [-0.05, 0) is 56.6 Å². The minimum absolute atomic E-state index is 0.204. The van der Waals surface area contributed by atoms with Gasteiger partial charge >= 0.3 is 0 Å². The van der Waals surface area contributed by atoms with Gasteiger partial charge in [0.2, 0.25) is 10.0 Å². The summed E-state index contributed by atoms with van der Waals surface area (Å²) in [5, 5.41) is 0.286. The molecule has 2 heterocycles. The molecule has 0 aromatic heterocycles. The number of hydrogen-bond donors (Lipinski definition) is 0. The van der Waals surface area contributed by atoms with Gasteiger partial charge in [-0.1, -0.05) is 60.5 Å². The average molecular weight is 462 g/mol. The van der Waals surface area contributed by atoms with Gasteiger partial charge in [-0.2, -0.15) is 4.31 Å². The quantitative estimate of drug-likeness (QED) is 0.617. The standard InChI is InChI=1S/C24H32ClN3O2S/c25-22-11-5-6-12-24(22)31(29,30)28-19-17-27(18-20-28)23(21-9-3-1-4-10-21)13-16-26-14-7-2-8-15-26/h1,3-6,9-12,23H,2,7-8,13-20H2. The molecular formula is C24H32ClN3O2S. The first kappa shape index (κ1) is 22.7. The normalized spacial score (nSPS) is 20.5. The van der Waals surface area contributed by atoms with E-state index >= 15 is 0 Å². The van der Waals surface area contributed by atoms with Crippen molar-refractivity contribution in [2.45, 2.75) is 36.6 Å². The predicted molar refractivity (Wildman–Crippen MR) is 126 cm³/mol. The molecule has 0 aliphatic carbocycles. The topological polar surface area (TPSA) is 43.9 Å². The van der Waals surface area contributed by atoms with Crippen LogP contribution in [0.4, 0.5) is 0 Å². The maximum atomic E-state index is 13.1. The van der Waals surface area contributed by atoms with Gasteiger partial charge in [0, 0.05) is 32.2 Å². The van der Waals surface area contributed by atoms with Gasteiger partial charge in [0.25, 0.3) is 0 Å². The highest BCUT2D eigenvalue weighted by Crippen LogP contribution is 2.29. The number of hydrogen-bond acceptors (Lipinski definition) is 4. The smallest absolute Gasteiger partial charge is 0.244 e. The minimum Gasteiger partial charge on any atom is -0.303 e. The zero-order valence-corrected chi connectivity index (χ0v) is 19.6. The Hall–Kier alpha value is -1.44. The Morgan fingerprint density at radius 2 is 1.45 bits per heavy atom. The molecule has 31 heavy (non-hydrogen) atoms. The lowest BCUT2D eigenvalue weighted by Crippen LogP contribution is -2.50. The molecule has 168 valence electrons. The van der Waals surface area contributed by atoms with E-state index in [0.717, 1.165) is 26.1 Å². The number of benzene rings is 2. The molecule has 4 rings (SSSR count). The van der Waals surface area contributed by atoms with Crippen molar-refractivity contribution in [3.8, 4) is 0 Å². The molecule has 2 aliphatic heterocycles. The Morgan fingerprint density at radius 1 is 0.806 bits per heavy atom. The molecule has 2 aliphatic rings. The number of nitrogens with zero attached hydrogens (tertiary/aromatic N) is 3. The molecule has 2 saturated heterocycles. The Morgan fingerprint density at radius 3 is 2.13 bits per heavy atom. The fourth-order valence-corrected chi connectivity index (χ4v) is 6.69. The van der Waals surface area contributed by atoms with E-state index in [4.69, 9.17) is 11.6 Å². The molecule has 5 nitrogen and oxygen atoms in total. The molecule has 0 amide bonds. The van der Waals surface area contributed by atoms with Crippen molar-refractivity contribution in [2.24, 2.45) is 0 Å². The second-order valence-corrected chi connectivity index (χ2v) is 10.8. The van der Waals surface area contributed by atoms with E-state index < -0.39 is 10.0 Å². The molecule has 1 unspecified atom stereocenters. The third-order valence-electron chi connectivity index (χ3n) is 6.52. The van der Waals surface area contributed by atoms with Crippen LogP contribution in [0.15, 0.2) is 59.5 Å². The molecule has 1 atom stereocenters. The van der Waals surface area contributed by atoms with Crippen LogP contribution in [-0.4, -0.2) is 68.3 Å². The van der Waals surface area contributed by atoms with Crippen LogP contribution < -0.4 is 0 Å². The predicted octanol–water partition coefficient (Wildman–Crippen LogP) is 4.26. The van der Waals surface area contributed by atoms with Gasteiger partial charge in [-0.3, -0.25) is 4.90 Å². The summed E-state index contributed by atoms with van der Waals surface area (Å²) < 4.78 is 27.8. The van der Waals surface area contributed by atoms with Crippen LogP contribution in [0, 0.1) is 0 Å². The molecule has 0 spiro atoms. The molecule has 2 aromatic rings. The average Bonchev–Trinajstić information content (AvgIpc) is 2.81. The van der Waals surface area contributed by atoms with Crippen LogP contribution in [0.3, 0.4) is 0 Å². The van der Waals surface area contributed by atoms with Crippen LogP contribution in [0.25, 0.3) is 0 Å². The Balaban J connectivity index is 1.44. The second kappa shape index (κ2) is 10.5. The number of piperazine rings is 1. The van der Waals surface area contributed by atoms with Gasteiger partial charge in [-0.15, -0.1) is 0 Å². The highest BCUT2D eigenvalue weighted by molar-refractivity contribution is 7.89. The molecule has 0 N–H and O–H groups in total. The summed E-state index contributed by atoms with van der Waals surface area (Å²) >= 11 is 6.18. The second-order valence-electron chi connectivity index (χ2n) is 8.49. The lowest BCUT2D eigenvalue weighted by Gasteiger charge is -2.40. The van der Waals surface area contributed by atoms with Crippen LogP contribution in [0.5, 0.6) is 0 Å². The lowest BCUT2D eigenvalue weighted by molar-refractivity contribution is 0.115. The molecule has 0 bridgehead atoms. The van der Waals surface area contributed by atoms with Gasteiger partial charge in [0.1, 0.15) is 4.90 Å². The van der Waals surface area contributed by atoms with Crippen molar-refractivity contribution >= 4 is 21.6 Å². The summed E-state index contributed by atoms with van der Waals surface area (Å²) in [7, 11) is -3.57. The van der Waals surface area contributed by atoms with Crippen molar-refractivity contribution in [2.75, 3.05) is 45.8 Å². The zero-order chi connectivity index (χ0) is 21.7. The van der Waals surface area contributed by atoms with E-state index in [1.165, 1.54) is 37.9 Å². The fraction of sp³-hybridized carbons (Fsp3) is 0.500. The van der Waals surface area contributed by atoms with E-state index in [0.29, 0.717) is 19.1 Å². The largest absolute Gasteiger partial charge is 0.303 e. The van der Waals surface area contributed by atoms with Crippen LogP contribution in [0.1, 0.15) is 37.3 Å². The van der Waals surface area contributed by atoms with Crippen molar-refractivity contribution in [3.05, 3.63) is 65.2 Å². The zero-order valence-electron chi connectivity index (χ0n) is 18.0. The first-order valence-electron chi connectivity index (χ1n) is 11.3. The van der Waals surface area contributed by atoms with E-state index in [1.54, 1.807) is 28.6 Å². The summed E-state index contributed by atoms with van der Waals surface area (Å²) in [6.45, 7) is 5.92. The summed E-state index contributed by atoms with van der Waals surface area (Å²) in [6.07, 6.45) is 5.02. The summed E-state index contributed by atoms with van der Waals surface area (Å²) in [6, 6.07) is 17.7. The first-order chi connectivity index (χ1) is 15.1. The highest BCUT2D eigenvalue weighted by atomic mass is 35.5. The first-order valence-corrected chi connectivity index (χ1v) is 13.1. The van der Waals surface area contributed by atoms with E-state index in [2.05, 4.69) is 40.1 Å². The van der Waals surface area contributed by atoms with Crippen molar-refractivity contribution < 1.29 is 8.42 Å². The third kappa shape index (κ3) is 5.49. The van der Waals surface area contributed by atoms with E-state index in [1.807, 2.05) is 0 Å². The summed E-state index contributed by atoms with van der Waals surface area (Å²) in [4.78, 5) is 5.24. The maximum absolute atomic E-state index is 13.1. The Kier molecular flexibility index (Phi) is 7.67. The van der Waals surface area contributed by atoms with Gasteiger partial charge < -0.3 is 4.90 Å². The van der Waals surface area contributed by atoms with Crippen LogP contribution in [0.2, 0.25) is 5.02 Å². The van der Waals surface area contributed by atoms with Crippen molar-refractivity contribution in [3.63, 3.8) is 0 Å². The highest BCUT2D eigenvalue weighted by Gasteiger charge is 2.32. The molecule has 0 saturated carbocycles. The van der Waals surface area contributed by atoms with Crippen molar-refractivity contribution in [1.29, 1.82) is 0 Å². The fourth-order valence-electron chi connectivity index (χ4n) is 4.77. The molecular weight excluding hydrogens is 430 g/mol. The molecule has 7 heteroatoms. The number of sulfonamides is 1. The van der Waals surface area contributed by atoms with E-state index in [-0.39, 0.29) is 9.92 Å². The SMILES string of the molecule is O=S(=O)(c1ccccc1Cl)N1CCN(C(CCN2CCCCC2)c2ccccc2)CC1. The number of piperidine rings is 1. The van der Waals surface area contributed by atoms with Gasteiger partial charge in [0.15, 0.2) is 0 Å². The Bertz CT molecular complexity index is 940. The van der Waals surface area contributed by atoms with Crippen LogP contribution in [-0.2, 0) is 10.0 Å². The van der Waals surface area contributed by atoms with Crippen molar-refractivity contribution in [1.82, 2.24) is 14.1 Å². The van der Waals surface area contributed by atoms with E-state index in [9.17, 15) is 8.42 Å². The Labute approximate surface area is 191 Å². The van der Waals surface area contributed by atoms with Crippen LogP contribution >= 0.6 is 11.6 Å².